The molecule has 0 bridgehead atoms. The second kappa shape index (κ2) is 7.12. The van der Waals surface area contributed by atoms with Gasteiger partial charge in [0.15, 0.2) is 28.3 Å². The maximum absolute atomic E-state index is 15.7. The number of aromatic amines is 1. The molecule has 158 valence electrons. The fourth-order valence-corrected chi connectivity index (χ4v) is 4.42. The molecule has 0 aromatic carbocycles. The molecule has 10 heteroatoms. The van der Waals surface area contributed by atoms with E-state index in [0.29, 0.717) is 36.2 Å². The number of Topliss-reactive ketones (excluding diaryl/α,β-unsaturated/α-hetero) is 1. The fourth-order valence-electron chi connectivity index (χ4n) is 4.27. The highest BCUT2D eigenvalue weighted by atomic mass is 35.5. The van der Waals surface area contributed by atoms with Crippen molar-refractivity contribution < 1.29 is 14.0 Å². The number of nitrogens with one attached hydrogen (secondary N) is 3. The monoisotopic (exact) mass is 440 g/mol. The Morgan fingerprint density at radius 3 is 2.87 bits per heavy atom. The number of hydrogen-bond donors (Lipinski definition) is 3. The van der Waals surface area contributed by atoms with Crippen molar-refractivity contribution >= 4 is 34.8 Å². The van der Waals surface area contributed by atoms with Crippen LogP contribution < -0.4 is 10.6 Å². The number of anilines is 2. The first kappa shape index (κ1) is 19.6. The van der Waals surface area contributed by atoms with Crippen molar-refractivity contribution in [3.63, 3.8) is 0 Å². The zero-order valence-corrected chi connectivity index (χ0v) is 17.5. The SMILES string of the molecule is CC(=O)c1nnc(Cl)cc1Nc1ncc2c(c1F)-c1[nH]c3c(c1CC2)C(=O)NCC3C. The summed E-state index contributed by atoms with van der Waals surface area (Å²) in [6.45, 7) is 3.88. The first-order chi connectivity index (χ1) is 14.8. The minimum Gasteiger partial charge on any atom is -0.357 e. The van der Waals surface area contributed by atoms with Gasteiger partial charge in [0.1, 0.15) is 0 Å². The van der Waals surface area contributed by atoms with Crippen molar-refractivity contribution in [1.29, 1.82) is 0 Å². The van der Waals surface area contributed by atoms with Gasteiger partial charge < -0.3 is 15.6 Å². The van der Waals surface area contributed by atoms with Crippen molar-refractivity contribution in [3.05, 3.63) is 51.3 Å². The molecule has 5 rings (SSSR count). The molecule has 8 nitrogen and oxygen atoms in total. The molecule has 3 aromatic rings. The predicted octanol–water partition coefficient (Wildman–Crippen LogP) is 3.55. The number of H-pyrrole nitrogens is 1. The normalized spacial score (nSPS) is 16.8. The highest BCUT2D eigenvalue weighted by molar-refractivity contribution is 6.29. The Labute approximate surface area is 181 Å². The molecule has 0 fully saturated rings. The van der Waals surface area contributed by atoms with Gasteiger partial charge in [0.05, 0.1) is 16.9 Å². The van der Waals surface area contributed by atoms with Crippen molar-refractivity contribution in [3.8, 4) is 11.3 Å². The minimum atomic E-state index is -0.576. The summed E-state index contributed by atoms with van der Waals surface area (Å²) in [6, 6.07) is 1.40. The summed E-state index contributed by atoms with van der Waals surface area (Å²) in [5.74, 6) is -1.02. The zero-order valence-electron chi connectivity index (χ0n) is 16.8. The third kappa shape index (κ3) is 3.07. The average molecular weight is 441 g/mol. The molecule has 1 unspecified atom stereocenters. The van der Waals surface area contributed by atoms with E-state index in [1.54, 1.807) is 6.20 Å². The first-order valence-corrected chi connectivity index (χ1v) is 10.2. The molecular weight excluding hydrogens is 423 g/mol. The molecule has 1 amide bonds. The number of halogens is 2. The quantitative estimate of drug-likeness (QED) is 0.537. The largest absolute Gasteiger partial charge is 0.357 e. The molecule has 0 radical (unpaired) electrons. The maximum Gasteiger partial charge on any atom is 0.253 e. The van der Waals surface area contributed by atoms with Crippen molar-refractivity contribution in [2.75, 3.05) is 11.9 Å². The zero-order chi connectivity index (χ0) is 21.9. The Morgan fingerprint density at radius 2 is 2.10 bits per heavy atom. The number of aromatic nitrogens is 4. The van der Waals surface area contributed by atoms with E-state index < -0.39 is 5.82 Å². The van der Waals surface area contributed by atoms with Crippen molar-refractivity contribution in [2.45, 2.75) is 32.6 Å². The minimum absolute atomic E-state index is 0.0323. The van der Waals surface area contributed by atoms with Crippen LogP contribution in [-0.2, 0) is 12.8 Å². The van der Waals surface area contributed by atoms with E-state index in [0.717, 1.165) is 16.8 Å². The molecule has 0 saturated heterocycles. The lowest BCUT2D eigenvalue weighted by molar-refractivity contribution is 0.0939. The highest BCUT2D eigenvalue weighted by Crippen LogP contribution is 2.42. The predicted molar refractivity (Wildman–Crippen MR) is 112 cm³/mol. The number of ketones is 1. The van der Waals surface area contributed by atoms with E-state index in [9.17, 15) is 9.59 Å². The molecule has 3 N–H and O–H groups in total. The van der Waals surface area contributed by atoms with Crippen LogP contribution in [-0.4, -0.2) is 38.4 Å². The van der Waals surface area contributed by atoms with Crippen LogP contribution >= 0.6 is 11.6 Å². The summed E-state index contributed by atoms with van der Waals surface area (Å²) >= 11 is 5.91. The van der Waals surface area contributed by atoms with Gasteiger partial charge >= 0.3 is 0 Å². The lowest BCUT2D eigenvalue weighted by Gasteiger charge is -2.21. The molecule has 4 heterocycles. The van der Waals surface area contributed by atoms with E-state index >= 15 is 4.39 Å². The van der Waals surface area contributed by atoms with Gasteiger partial charge in [-0.05, 0) is 24.0 Å². The third-order valence-electron chi connectivity index (χ3n) is 5.76. The van der Waals surface area contributed by atoms with Crippen LogP contribution in [0.2, 0.25) is 5.15 Å². The number of rotatable bonds is 3. The second-order valence-electron chi connectivity index (χ2n) is 7.81. The number of hydrogen-bond acceptors (Lipinski definition) is 6. The Kier molecular flexibility index (Phi) is 4.51. The van der Waals surface area contributed by atoms with Crippen LogP contribution in [0.15, 0.2) is 12.3 Å². The summed E-state index contributed by atoms with van der Waals surface area (Å²) in [7, 11) is 0. The van der Waals surface area contributed by atoms with Gasteiger partial charge in [0, 0.05) is 42.9 Å². The number of carbonyl (C=O) groups excluding carboxylic acids is 2. The summed E-state index contributed by atoms with van der Waals surface area (Å²) in [6.07, 6.45) is 2.80. The van der Waals surface area contributed by atoms with Gasteiger partial charge in [-0.1, -0.05) is 18.5 Å². The van der Waals surface area contributed by atoms with Gasteiger partial charge in [-0.25, -0.2) is 9.37 Å². The van der Waals surface area contributed by atoms with Gasteiger partial charge in [-0.2, -0.15) is 0 Å². The highest BCUT2D eigenvalue weighted by Gasteiger charge is 2.34. The van der Waals surface area contributed by atoms with E-state index in [4.69, 9.17) is 11.6 Å². The molecule has 1 aliphatic carbocycles. The van der Waals surface area contributed by atoms with Crippen LogP contribution in [0.1, 0.15) is 57.4 Å². The van der Waals surface area contributed by atoms with E-state index in [2.05, 4.69) is 30.8 Å². The second-order valence-corrected chi connectivity index (χ2v) is 8.20. The summed E-state index contributed by atoms with van der Waals surface area (Å²) in [4.78, 5) is 31.9. The first-order valence-electron chi connectivity index (χ1n) is 9.87. The van der Waals surface area contributed by atoms with Crippen LogP contribution in [0, 0.1) is 5.82 Å². The van der Waals surface area contributed by atoms with Gasteiger partial charge in [0.2, 0.25) is 0 Å². The van der Waals surface area contributed by atoms with Crippen LogP contribution in [0.25, 0.3) is 11.3 Å². The number of pyridine rings is 1. The number of amides is 1. The lowest BCUT2D eigenvalue weighted by atomic mass is 9.87. The Balaban J connectivity index is 1.64. The van der Waals surface area contributed by atoms with E-state index in [1.165, 1.54) is 13.0 Å². The van der Waals surface area contributed by atoms with Gasteiger partial charge in [-0.3, -0.25) is 9.59 Å². The smallest absolute Gasteiger partial charge is 0.253 e. The number of fused-ring (bicyclic) bond motifs is 5. The van der Waals surface area contributed by atoms with Crippen LogP contribution in [0.5, 0.6) is 0 Å². The summed E-state index contributed by atoms with van der Waals surface area (Å²) in [5, 5.41) is 13.3. The number of carbonyl (C=O) groups is 2. The van der Waals surface area contributed by atoms with Crippen LogP contribution in [0.4, 0.5) is 15.9 Å². The van der Waals surface area contributed by atoms with Crippen molar-refractivity contribution in [1.82, 2.24) is 25.5 Å². The summed E-state index contributed by atoms with van der Waals surface area (Å²) < 4.78 is 15.7. The Bertz CT molecular complexity index is 1270. The molecule has 31 heavy (non-hydrogen) atoms. The fraction of sp³-hybridized carbons (Fsp3) is 0.286. The molecule has 1 atom stereocenters. The van der Waals surface area contributed by atoms with E-state index in [-0.39, 0.29) is 40.0 Å². The molecular formula is C21H18ClFN6O2. The molecule has 0 saturated carbocycles. The Hall–Kier alpha value is -3.33. The van der Waals surface area contributed by atoms with Crippen LogP contribution in [0.3, 0.4) is 0 Å². The molecule has 2 aliphatic rings. The van der Waals surface area contributed by atoms with Crippen molar-refractivity contribution in [2.24, 2.45) is 0 Å². The topological polar surface area (TPSA) is 113 Å². The van der Waals surface area contributed by atoms with E-state index in [1.807, 2.05) is 6.92 Å². The molecule has 1 aliphatic heterocycles. The third-order valence-corrected chi connectivity index (χ3v) is 5.95. The molecule has 0 spiro atoms. The van der Waals surface area contributed by atoms with Gasteiger partial charge in [0.25, 0.3) is 5.91 Å². The number of aryl methyl sites for hydroxylation is 1. The summed E-state index contributed by atoms with van der Waals surface area (Å²) in [5.41, 5.74) is 4.26. The number of nitrogens with zero attached hydrogens (tertiary/aromatic N) is 3. The Morgan fingerprint density at radius 1 is 1.29 bits per heavy atom. The lowest BCUT2D eigenvalue weighted by Crippen LogP contribution is -2.34. The van der Waals surface area contributed by atoms with Gasteiger partial charge in [-0.15, -0.1) is 10.2 Å². The standard InChI is InChI=1S/C21H18ClFN6O2/c1-8-6-25-21(31)15-11-4-3-10-7-24-20(16(23)14(10)19(11)27-17(8)15)26-12-5-13(22)28-29-18(12)9(2)30/h5,7-8,27H,3-4,6H2,1-2H3,(H,25,31)(H,24,26,28). The molecule has 3 aromatic heterocycles. The maximum atomic E-state index is 15.7. The average Bonchev–Trinajstić information content (AvgIpc) is 3.13.